The average molecular weight is 293 g/mol. The quantitative estimate of drug-likeness (QED) is 0.940. The Bertz CT molecular complexity index is 728. The molecule has 0 aromatic carbocycles. The SMILES string of the molecule is COc1ccc(S(=N)(=O)/C=C/c2ncccc2F)nc1. The minimum absolute atomic E-state index is 0.0287. The van der Waals surface area contributed by atoms with Crippen LogP contribution in [0, 0.1) is 10.6 Å². The van der Waals surface area contributed by atoms with E-state index in [9.17, 15) is 8.60 Å². The zero-order chi connectivity index (χ0) is 14.6. The zero-order valence-corrected chi connectivity index (χ0v) is 11.4. The maximum Gasteiger partial charge on any atom is 0.148 e. The van der Waals surface area contributed by atoms with E-state index in [2.05, 4.69) is 9.97 Å². The molecule has 1 atom stereocenters. The highest BCUT2D eigenvalue weighted by Crippen LogP contribution is 2.16. The summed E-state index contributed by atoms with van der Waals surface area (Å²) in [6.07, 6.45) is 4.01. The molecule has 0 spiro atoms. The fraction of sp³-hybridized carbons (Fsp3) is 0.0769. The lowest BCUT2D eigenvalue weighted by atomic mass is 10.3. The summed E-state index contributed by atoms with van der Waals surface area (Å²) in [6, 6.07) is 5.69. The largest absolute Gasteiger partial charge is 0.495 e. The van der Waals surface area contributed by atoms with Gasteiger partial charge in [0, 0.05) is 11.6 Å². The van der Waals surface area contributed by atoms with Crippen molar-refractivity contribution in [1.29, 1.82) is 4.78 Å². The molecule has 0 amide bonds. The van der Waals surface area contributed by atoms with Gasteiger partial charge < -0.3 is 4.74 Å². The Balaban J connectivity index is 2.29. The van der Waals surface area contributed by atoms with E-state index in [4.69, 9.17) is 9.52 Å². The van der Waals surface area contributed by atoms with Crippen LogP contribution >= 0.6 is 0 Å². The lowest BCUT2D eigenvalue weighted by molar-refractivity contribution is 0.412. The summed E-state index contributed by atoms with van der Waals surface area (Å²) < 4.78 is 38.3. The maximum absolute atomic E-state index is 13.4. The van der Waals surface area contributed by atoms with E-state index in [-0.39, 0.29) is 10.7 Å². The van der Waals surface area contributed by atoms with Crippen LogP contribution in [0.2, 0.25) is 0 Å². The number of aromatic nitrogens is 2. The Morgan fingerprint density at radius 3 is 2.75 bits per heavy atom. The maximum atomic E-state index is 13.4. The van der Waals surface area contributed by atoms with Crippen LogP contribution in [0.4, 0.5) is 4.39 Å². The van der Waals surface area contributed by atoms with Gasteiger partial charge in [-0.1, -0.05) is 0 Å². The molecule has 1 N–H and O–H groups in total. The highest BCUT2D eigenvalue weighted by atomic mass is 32.2. The molecule has 0 bridgehead atoms. The Morgan fingerprint density at radius 2 is 2.15 bits per heavy atom. The van der Waals surface area contributed by atoms with Gasteiger partial charge >= 0.3 is 0 Å². The fourth-order valence-corrected chi connectivity index (χ4v) is 2.36. The smallest absolute Gasteiger partial charge is 0.148 e. The molecule has 0 saturated heterocycles. The Hall–Kier alpha value is -2.28. The second kappa shape index (κ2) is 5.79. The molecule has 0 aliphatic heterocycles. The van der Waals surface area contributed by atoms with Crippen LogP contribution < -0.4 is 4.74 Å². The van der Waals surface area contributed by atoms with Crippen molar-refractivity contribution in [2.75, 3.05) is 7.11 Å². The first kappa shape index (κ1) is 14.1. The van der Waals surface area contributed by atoms with Crippen LogP contribution in [-0.2, 0) is 9.73 Å². The van der Waals surface area contributed by atoms with Gasteiger partial charge in [-0.25, -0.2) is 18.4 Å². The molecule has 0 fully saturated rings. The fourth-order valence-electron chi connectivity index (χ4n) is 1.42. The van der Waals surface area contributed by atoms with Crippen LogP contribution in [0.1, 0.15) is 5.69 Å². The van der Waals surface area contributed by atoms with Gasteiger partial charge in [-0.15, -0.1) is 0 Å². The first-order valence-corrected chi connectivity index (χ1v) is 7.22. The van der Waals surface area contributed by atoms with E-state index in [0.717, 1.165) is 5.41 Å². The van der Waals surface area contributed by atoms with Crippen molar-refractivity contribution in [3.63, 3.8) is 0 Å². The zero-order valence-electron chi connectivity index (χ0n) is 10.6. The monoisotopic (exact) mass is 293 g/mol. The molecule has 7 heteroatoms. The topological polar surface area (TPSA) is 75.9 Å². The highest BCUT2D eigenvalue weighted by molar-refractivity contribution is 7.95. The third-order valence-electron chi connectivity index (χ3n) is 2.46. The van der Waals surface area contributed by atoms with Crippen LogP contribution in [0.5, 0.6) is 5.75 Å². The summed E-state index contributed by atoms with van der Waals surface area (Å²) in [7, 11) is -1.77. The molecule has 0 aliphatic rings. The normalized spacial score (nSPS) is 14.1. The molecular formula is C13H12FN3O2S. The number of hydrogen-bond acceptors (Lipinski definition) is 5. The van der Waals surface area contributed by atoms with Gasteiger partial charge in [0.05, 0.1) is 19.0 Å². The standard InChI is InChI=1S/C13H12FN3O2S/c1-19-10-4-5-13(17-9-10)20(15,18)8-6-12-11(14)3-2-7-16-12/h2-9,15H,1H3/b8-6+. The second-order valence-electron chi connectivity index (χ2n) is 3.81. The number of nitrogens with one attached hydrogen (secondary N) is 1. The van der Waals surface area contributed by atoms with E-state index in [0.29, 0.717) is 5.75 Å². The van der Waals surface area contributed by atoms with E-state index in [1.54, 1.807) is 6.07 Å². The van der Waals surface area contributed by atoms with E-state index in [1.165, 1.54) is 43.8 Å². The Kier molecular flexibility index (Phi) is 4.09. The summed E-state index contributed by atoms with van der Waals surface area (Å²) in [5.74, 6) is -0.0367. The molecule has 2 rings (SSSR count). The van der Waals surface area contributed by atoms with Crippen molar-refractivity contribution in [2.24, 2.45) is 0 Å². The summed E-state index contributed by atoms with van der Waals surface area (Å²) in [5, 5.41) is 1.17. The third-order valence-corrected chi connectivity index (χ3v) is 3.84. The second-order valence-corrected chi connectivity index (χ2v) is 5.70. The minimum atomic E-state index is -3.25. The summed E-state index contributed by atoms with van der Waals surface area (Å²) >= 11 is 0. The molecule has 20 heavy (non-hydrogen) atoms. The average Bonchev–Trinajstić information content (AvgIpc) is 2.46. The number of pyridine rings is 2. The van der Waals surface area contributed by atoms with Crippen molar-refractivity contribution in [1.82, 2.24) is 9.97 Å². The molecule has 0 aliphatic carbocycles. The number of hydrogen-bond donors (Lipinski definition) is 1. The summed E-state index contributed by atoms with van der Waals surface area (Å²) in [5.41, 5.74) is 0.0287. The van der Waals surface area contributed by atoms with Gasteiger partial charge in [0.2, 0.25) is 0 Å². The number of rotatable bonds is 4. The molecule has 104 valence electrons. The summed E-state index contributed by atoms with van der Waals surface area (Å²) in [6.45, 7) is 0. The molecule has 0 saturated carbocycles. The van der Waals surface area contributed by atoms with Crippen molar-refractivity contribution in [2.45, 2.75) is 5.03 Å². The molecule has 2 aromatic heterocycles. The molecule has 2 heterocycles. The lowest BCUT2D eigenvalue weighted by Crippen LogP contribution is -1.98. The van der Waals surface area contributed by atoms with Gasteiger partial charge in [0.15, 0.2) is 0 Å². The van der Waals surface area contributed by atoms with Crippen molar-refractivity contribution >= 4 is 15.8 Å². The van der Waals surface area contributed by atoms with E-state index in [1.807, 2.05) is 0 Å². The van der Waals surface area contributed by atoms with E-state index >= 15 is 0 Å². The Morgan fingerprint density at radius 1 is 1.35 bits per heavy atom. The number of halogens is 1. The number of methoxy groups -OCH3 is 1. The van der Waals surface area contributed by atoms with E-state index < -0.39 is 15.5 Å². The van der Waals surface area contributed by atoms with Crippen molar-refractivity contribution in [3.8, 4) is 5.75 Å². The first-order chi connectivity index (χ1) is 9.53. The first-order valence-electron chi connectivity index (χ1n) is 5.60. The van der Waals surface area contributed by atoms with Crippen LogP contribution in [0.15, 0.2) is 47.1 Å². The molecule has 0 radical (unpaired) electrons. The van der Waals surface area contributed by atoms with Crippen LogP contribution in [-0.4, -0.2) is 21.3 Å². The molecular weight excluding hydrogens is 281 g/mol. The lowest BCUT2D eigenvalue weighted by Gasteiger charge is -2.03. The number of ether oxygens (including phenoxy) is 1. The van der Waals surface area contributed by atoms with Gasteiger partial charge in [-0.05, 0) is 30.3 Å². The predicted molar refractivity (Wildman–Crippen MR) is 73.1 cm³/mol. The molecule has 5 nitrogen and oxygen atoms in total. The predicted octanol–water partition coefficient (Wildman–Crippen LogP) is 2.70. The van der Waals surface area contributed by atoms with Gasteiger partial charge in [-0.3, -0.25) is 4.98 Å². The minimum Gasteiger partial charge on any atom is -0.495 e. The van der Waals surface area contributed by atoms with Crippen LogP contribution in [0.25, 0.3) is 6.08 Å². The highest BCUT2D eigenvalue weighted by Gasteiger charge is 2.09. The third kappa shape index (κ3) is 3.18. The molecule has 2 aromatic rings. The van der Waals surface area contributed by atoms with Crippen LogP contribution in [0.3, 0.4) is 0 Å². The van der Waals surface area contributed by atoms with Crippen molar-refractivity contribution < 1.29 is 13.3 Å². The van der Waals surface area contributed by atoms with Crippen molar-refractivity contribution in [3.05, 3.63) is 53.6 Å². The van der Waals surface area contributed by atoms with Gasteiger partial charge in [0.25, 0.3) is 0 Å². The van der Waals surface area contributed by atoms with Gasteiger partial charge in [0.1, 0.15) is 26.3 Å². The number of nitrogens with zero attached hydrogens (tertiary/aromatic N) is 2. The van der Waals surface area contributed by atoms with Gasteiger partial charge in [-0.2, -0.15) is 0 Å². The molecule has 1 unspecified atom stereocenters. The summed E-state index contributed by atoms with van der Waals surface area (Å²) in [4.78, 5) is 7.69. The Labute approximate surface area is 116 Å².